The van der Waals surface area contributed by atoms with E-state index in [1.807, 2.05) is 25.3 Å². The number of ether oxygens (including phenoxy) is 3. The normalized spacial score (nSPS) is 20.7. The highest BCUT2D eigenvalue weighted by Gasteiger charge is 2.48. The van der Waals surface area contributed by atoms with Gasteiger partial charge in [0.05, 0.1) is 45.9 Å². The minimum Gasteiger partial charge on any atom is -0.496 e. The van der Waals surface area contributed by atoms with E-state index in [0.717, 1.165) is 36.0 Å². The molecule has 12 heteroatoms. The Morgan fingerprint density at radius 2 is 2.15 bits per heavy atom. The summed E-state index contributed by atoms with van der Waals surface area (Å²) in [6, 6.07) is 8.45. The number of aromatic nitrogens is 3. The van der Waals surface area contributed by atoms with Crippen LogP contribution in [0.5, 0.6) is 11.5 Å². The fourth-order valence-corrected chi connectivity index (χ4v) is 6.50. The maximum absolute atomic E-state index is 15.5. The van der Waals surface area contributed by atoms with E-state index in [2.05, 4.69) is 15.3 Å². The third-order valence-corrected chi connectivity index (χ3v) is 8.22. The molecular weight excluding hydrogens is 543 g/mol. The summed E-state index contributed by atoms with van der Waals surface area (Å²) >= 11 is 7.21. The zero-order chi connectivity index (χ0) is 27.0. The predicted molar refractivity (Wildman–Crippen MR) is 148 cm³/mol. The number of alkyl halides is 1. The minimum atomic E-state index is -1.18. The molecule has 0 spiro atoms. The molecule has 39 heavy (non-hydrogen) atoms. The highest BCUT2D eigenvalue weighted by molar-refractivity contribution is 7.15. The van der Waals surface area contributed by atoms with Crippen molar-refractivity contribution in [1.29, 1.82) is 0 Å². The first kappa shape index (κ1) is 25.8. The second-order valence-electron chi connectivity index (χ2n) is 9.25. The Morgan fingerprint density at radius 3 is 2.90 bits per heavy atom. The van der Waals surface area contributed by atoms with Crippen LogP contribution in [-0.2, 0) is 10.4 Å². The molecule has 1 fully saturated rings. The molecule has 0 bridgehead atoms. The van der Waals surface area contributed by atoms with Crippen molar-refractivity contribution in [3.63, 3.8) is 0 Å². The van der Waals surface area contributed by atoms with Gasteiger partial charge in [0, 0.05) is 18.9 Å². The van der Waals surface area contributed by atoms with Gasteiger partial charge in [0.25, 0.3) is 0 Å². The molecule has 3 aromatic heterocycles. The lowest BCUT2D eigenvalue weighted by molar-refractivity contribution is -0.0305. The lowest BCUT2D eigenvalue weighted by Gasteiger charge is -2.33. The topological polar surface area (TPSA) is 95.0 Å². The quantitative estimate of drug-likeness (QED) is 0.229. The molecule has 2 aliphatic heterocycles. The second-order valence-corrected chi connectivity index (χ2v) is 10.6. The molecule has 0 amide bonds. The van der Waals surface area contributed by atoms with Crippen molar-refractivity contribution in [2.75, 3.05) is 26.2 Å². The van der Waals surface area contributed by atoms with E-state index in [9.17, 15) is 0 Å². The van der Waals surface area contributed by atoms with Gasteiger partial charge in [0.1, 0.15) is 41.4 Å². The van der Waals surface area contributed by atoms with E-state index < -0.39 is 11.5 Å². The Morgan fingerprint density at radius 1 is 1.26 bits per heavy atom. The van der Waals surface area contributed by atoms with E-state index in [1.54, 1.807) is 16.6 Å². The molecule has 6 rings (SSSR count). The molecule has 2 aliphatic rings. The molecule has 1 aromatic carbocycles. The molecule has 202 valence electrons. The lowest BCUT2D eigenvalue weighted by atomic mass is 9.92. The number of aliphatic imine (C=N–C) groups is 1. The van der Waals surface area contributed by atoms with Crippen molar-refractivity contribution in [3.8, 4) is 33.3 Å². The summed E-state index contributed by atoms with van der Waals surface area (Å²) in [4.78, 5) is 10.4. The number of nitrogens with zero attached hydrogens (tertiary/aromatic N) is 6. The molecule has 2 atom stereocenters. The van der Waals surface area contributed by atoms with Crippen LogP contribution in [0.15, 0.2) is 51.7 Å². The average Bonchev–Trinajstić information content (AvgIpc) is 3.69. The molecule has 5 heterocycles. The van der Waals surface area contributed by atoms with Crippen LogP contribution in [0.3, 0.4) is 0 Å². The molecule has 4 aromatic rings. The van der Waals surface area contributed by atoms with Gasteiger partial charge >= 0.3 is 0 Å². The average molecular weight is 569 g/mol. The number of halogens is 2. The molecule has 9 nitrogen and oxygen atoms in total. The van der Waals surface area contributed by atoms with Crippen LogP contribution in [0.2, 0.25) is 0 Å². The van der Waals surface area contributed by atoms with Crippen molar-refractivity contribution in [2.24, 2.45) is 15.2 Å². The highest BCUT2D eigenvalue weighted by Crippen LogP contribution is 2.50. The Hall–Kier alpha value is -3.41. The molecular formula is C27H26ClFN6O3S. The van der Waals surface area contributed by atoms with Crippen LogP contribution in [0.1, 0.15) is 29.8 Å². The number of hydrogen-bond acceptors (Lipinski definition) is 9. The van der Waals surface area contributed by atoms with Crippen molar-refractivity contribution >= 4 is 34.8 Å². The summed E-state index contributed by atoms with van der Waals surface area (Å²) < 4.78 is 34.8. The molecule has 0 aliphatic carbocycles. The largest absolute Gasteiger partial charge is 0.496 e. The molecule has 0 saturated carbocycles. The summed E-state index contributed by atoms with van der Waals surface area (Å²) in [6.45, 7) is 2.89. The van der Waals surface area contributed by atoms with Crippen LogP contribution in [0, 0.1) is 12.7 Å². The van der Waals surface area contributed by atoms with E-state index in [4.69, 9.17) is 35.8 Å². The Bertz CT molecular complexity index is 1570. The van der Waals surface area contributed by atoms with E-state index >= 15 is 4.39 Å². The number of pyridine rings is 1. The summed E-state index contributed by atoms with van der Waals surface area (Å²) in [7, 11) is 1.51. The van der Waals surface area contributed by atoms with Gasteiger partial charge in [-0.05, 0) is 44.4 Å². The summed E-state index contributed by atoms with van der Waals surface area (Å²) in [5.74, 6) is 0.943. The number of hydrogen-bond donors (Lipinski definition) is 0. The third-order valence-electron chi connectivity index (χ3n) is 6.88. The molecule has 2 unspecified atom stereocenters. The maximum atomic E-state index is 15.5. The molecule has 1 saturated heterocycles. The van der Waals surface area contributed by atoms with Gasteiger partial charge in [-0.15, -0.1) is 33.2 Å². The Balaban J connectivity index is 1.60. The molecule has 0 N–H and O–H groups in total. The number of benzene rings is 1. The van der Waals surface area contributed by atoms with Crippen molar-refractivity contribution in [1.82, 2.24) is 14.6 Å². The third kappa shape index (κ3) is 4.48. The zero-order valence-electron chi connectivity index (χ0n) is 21.4. The fraction of sp³-hybridized carbons (Fsp3) is 0.370. The highest BCUT2D eigenvalue weighted by atomic mass is 35.5. The minimum absolute atomic E-state index is 0.241. The van der Waals surface area contributed by atoms with Gasteiger partial charge in [-0.3, -0.25) is 0 Å². The number of aryl methyl sites for hydroxylation is 1. The first-order chi connectivity index (χ1) is 19.1. The number of azo groups is 1. The van der Waals surface area contributed by atoms with Crippen LogP contribution < -0.4 is 9.47 Å². The summed E-state index contributed by atoms with van der Waals surface area (Å²) in [5, 5.41) is 14.0. The smallest absolute Gasteiger partial charge is 0.234 e. The van der Waals surface area contributed by atoms with E-state index in [0.29, 0.717) is 46.2 Å². The van der Waals surface area contributed by atoms with Gasteiger partial charge in [-0.2, -0.15) is 5.10 Å². The van der Waals surface area contributed by atoms with Crippen LogP contribution >= 0.6 is 22.9 Å². The fourth-order valence-electron chi connectivity index (χ4n) is 5.11. The second kappa shape index (κ2) is 10.6. The van der Waals surface area contributed by atoms with Crippen LogP contribution in [0.25, 0.3) is 27.3 Å². The van der Waals surface area contributed by atoms with Gasteiger partial charge in [0.15, 0.2) is 0 Å². The van der Waals surface area contributed by atoms with Gasteiger partial charge < -0.3 is 14.2 Å². The number of rotatable bonds is 8. The monoisotopic (exact) mass is 568 g/mol. The standard InChI is InChI=1S/C27H26ClFN6O3S/c1-16-22(19-14-17(37-13-10-28)9-11-35(19)33-16)26-32-24(23-18(29)6-5-7-20(23)36-2)25(39-26)27(30-15-31-34-27)21-8-3-4-12-38-21/h5-7,9,11,14-15,21H,3-4,8,10,12-13H2,1-2H3. The van der Waals surface area contributed by atoms with Gasteiger partial charge in [-0.1, -0.05) is 6.07 Å². The summed E-state index contributed by atoms with van der Waals surface area (Å²) in [5.41, 5.74) is 1.82. The Kier molecular flexibility index (Phi) is 7.05. The van der Waals surface area contributed by atoms with Crippen molar-refractivity contribution in [3.05, 3.63) is 52.9 Å². The first-order valence-electron chi connectivity index (χ1n) is 12.7. The van der Waals surface area contributed by atoms with E-state index in [-0.39, 0.29) is 11.7 Å². The van der Waals surface area contributed by atoms with Gasteiger partial charge in [-0.25, -0.2) is 18.9 Å². The predicted octanol–water partition coefficient (Wildman–Crippen LogP) is 6.41. The number of fused-ring (bicyclic) bond motifs is 1. The Labute approximate surface area is 233 Å². The number of methoxy groups -OCH3 is 1. The van der Waals surface area contributed by atoms with Gasteiger partial charge in [0.2, 0.25) is 5.66 Å². The van der Waals surface area contributed by atoms with E-state index in [1.165, 1.54) is 30.9 Å². The van der Waals surface area contributed by atoms with Crippen molar-refractivity contribution in [2.45, 2.75) is 38.0 Å². The maximum Gasteiger partial charge on any atom is 0.234 e. The number of thiazole rings is 1. The molecule has 0 radical (unpaired) electrons. The van der Waals surface area contributed by atoms with Crippen LogP contribution in [-0.4, -0.2) is 53.2 Å². The summed E-state index contributed by atoms with van der Waals surface area (Å²) in [6.07, 6.45) is 5.58. The van der Waals surface area contributed by atoms with Crippen molar-refractivity contribution < 1.29 is 18.6 Å². The zero-order valence-corrected chi connectivity index (χ0v) is 23.0. The SMILES string of the molecule is COc1cccc(F)c1-c1nc(-c2c(C)nn3ccc(OCCCl)cc23)sc1C1(C2CCCCO2)N=CN=N1. The lowest BCUT2D eigenvalue weighted by Crippen LogP contribution is -2.39. The van der Waals surface area contributed by atoms with Crippen LogP contribution in [0.4, 0.5) is 4.39 Å². The first-order valence-corrected chi connectivity index (χ1v) is 14.0.